The van der Waals surface area contributed by atoms with Crippen LogP contribution in [0.25, 0.3) is 11.1 Å². The van der Waals surface area contributed by atoms with Crippen molar-refractivity contribution < 1.29 is 9.53 Å². The molecule has 86 valence electrons. The SMILES string of the molecule is COc1cccc(-c2ccc(Br)c(C=O)c2)c1. The van der Waals surface area contributed by atoms with Gasteiger partial charge < -0.3 is 4.74 Å². The summed E-state index contributed by atoms with van der Waals surface area (Å²) in [6.45, 7) is 0. The Balaban J connectivity index is 2.48. The standard InChI is InChI=1S/C14H11BrO2/c1-17-13-4-2-3-10(8-13)11-5-6-14(15)12(7-11)9-16/h2-9H,1H3. The fourth-order valence-electron chi connectivity index (χ4n) is 1.62. The summed E-state index contributed by atoms with van der Waals surface area (Å²) in [7, 11) is 1.64. The van der Waals surface area contributed by atoms with E-state index in [2.05, 4.69) is 15.9 Å². The van der Waals surface area contributed by atoms with Crippen molar-refractivity contribution in [3.8, 4) is 16.9 Å². The molecule has 0 N–H and O–H groups in total. The van der Waals surface area contributed by atoms with Crippen LogP contribution in [0.15, 0.2) is 46.9 Å². The molecule has 0 amide bonds. The van der Waals surface area contributed by atoms with Crippen molar-refractivity contribution >= 4 is 22.2 Å². The van der Waals surface area contributed by atoms with Gasteiger partial charge in [-0.25, -0.2) is 0 Å². The average Bonchev–Trinajstić information content (AvgIpc) is 2.39. The summed E-state index contributed by atoms with van der Waals surface area (Å²) in [6, 6.07) is 13.4. The topological polar surface area (TPSA) is 26.3 Å². The predicted octanol–water partition coefficient (Wildman–Crippen LogP) is 3.94. The van der Waals surface area contributed by atoms with Crippen molar-refractivity contribution in [3.05, 3.63) is 52.5 Å². The fourth-order valence-corrected chi connectivity index (χ4v) is 1.96. The van der Waals surface area contributed by atoms with Crippen molar-refractivity contribution in [2.75, 3.05) is 7.11 Å². The molecule has 17 heavy (non-hydrogen) atoms. The number of halogens is 1. The molecule has 0 heterocycles. The maximum atomic E-state index is 10.9. The summed E-state index contributed by atoms with van der Waals surface area (Å²) in [5.74, 6) is 0.804. The van der Waals surface area contributed by atoms with Gasteiger partial charge >= 0.3 is 0 Å². The number of carbonyl (C=O) groups is 1. The lowest BCUT2D eigenvalue weighted by Crippen LogP contribution is -1.86. The third-order valence-electron chi connectivity index (χ3n) is 2.53. The summed E-state index contributed by atoms with van der Waals surface area (Å²) in [4.78, 5) is 10.9. The molecule has 2 aromatic rings. The maximum absolute atomic E-state index is 10.9. The highest BCUT2D eigenvalue weighted by atomic mass is 79.9. The van der Waals surface area contributed by atoms with Crippen LogP contribution in [0.2, 0.25) is 0 Å². The Hall–Kier alpha value is -1.61. The van der Waals surface area contributed by atoms with Crippen LogP contribution < -0.4 is 4.74 Å². The van der Waals surface area contributed by atoms with Crippen LogP contribution in [-0.4, -0.2) is 13.4 Å². The van der Waals surface area contributed by atoms with Crippen molar-refractivity contribution in [3.63, 3.8) is 0 Å². The van der Waals surface area contributed by atoms with Gasteiger partial charge in [0.25, 0.3) is 0 Å². The number of aldehydes is 1. The Kier molecular flexibility index (Phi) is 3.59. The van der Waals surface area contributed by atoms with Gasteiger partial charge in [-0.15, -0.1) is 0 Å². The third-order valence-corrected chi connectivity index (χ3v) is 3.25. The van der Waals surface area contributed by atoms with E-state index in [1.54, 1.807) is 7.11 Å². The first kappa shape index (κ1) is 11.9. The molecule has 0 atom stereocenters. The molecule has 0 aliphatic heterocycles. The first-order valence-electron chi connectivity index (χ1n) is 5.14. The normalized spacial score (nSPS) is 10.0. The lowest BCUT2D eigenvalue weighted by atomic mass is 10.0. The molecule has 0 bridgehead atoms. The minimum atomic E-state index is 0.644. The van der Waals surface area contributed by atoms with Crippen molar-refractivity contribution in [2.45, 2.75) is 0 Å². The molecular formula is C14H11BrO2. The summed E-state index contributed by atoms with van der Waals surface area (Å²) in [6.07, 6.45) is 0.841. The molecule has 0 radical (unpaired) electrons. The van der Waals surface area contributed by atoms with E-state index in [1.165, 1.54) is 0 Å². The van der Waals surface area contributed by atoms with Crippen molar-refractivity contribution in [1.82, 2.24) is 0 Å². The van der Waals surface area contributed by atoms with Crippen LogP contribution >= 0.6 is 15.9 Å². The number of methoxy groups -OCH3 is 1. The maximum Gasteiger partial charge on any atom is 0.151 e. The minimum absolute atomic E-state index is 0.644. The Morgan fingerprint density at radius 3 is 2.59 bits per heavy atom. The molecule has 0 unspecified atom stereocenters. The highest BCUT2D eigenvalue weighted by molar-refractivity contribution is 9.10. The Bertz CT molecular complexity index is 550. The van der Waals surface area contributed by atoms with Gasteiger partial charge in [-0.05, 0) is 35.4 Å². The Labute approximate surface area is 108 Å². The minimum Gasteiger partial charge on any atom is -0.497 e. The van der Waals surface area contributed by atoms with Gasteiger partial charge in [0.15, 0.2) is 6.29 Å². The van der Waals surface area contributed by atoms with E-state index in [4.69, 9.17) is 4.74 Å². The molecule has 2 aromatic carbocycles. The number of rotatable bonds is 3. The first-order valence-corrected chi connectivity index (χ1v) is 5.93. The zero-order chi connectivity index (χ0) is 12.3. The summed E-state index contributed by atoms with van der Waals surface area (Å²) in [5, 5.41) is 0. The van der Waals surface area contributed by atoms with Crippen molar-refractivity contribution in [2.24, 2.45) is 0 Å². The molecule has 0 spiro atoms. The first-order chi connectivity index (χ1) is 8.24. The van der Waals surface area contributed by atoms with E-state index in [-0.39, 0.29) is 0 Å². The van der Waals surface area contributed by atoms with E-state index in [1.807, 2.05) is 42.5 Å². The second-order valence-corrected chi connectivity index (χ2v) is 4.44. The summed E-state index contributed by atoms with van der Waals surface area (Å²) < 4.78 is 5.98. The average molecular weight is 291 g/mol. The van der Waals surface area contributed by atoms with Crippen LogP contribution in [0, 0.1) is 0 Å². The highest BCUT2D eigenvalue weighted by Gasteiger charge is 2.03. The monoisotopic (exact) mass is 290 g/mol. The molecule has 0 saturated heterocycles. The molecule has 0 saturated carbocycles. The van der Waals surface area contributed by atoms with Crippen LogP contribution in [0.4, 0.5) is 0 Å². The predicted molar refractivity (Wildman–Crippen MR) is 71.5 cm³/mol. The molecule has 3 heteroatoms. The van der Waals surface area contributed by atoms with Gasteiger partial charge in [0, 0.05) is 10.0 Å². The smallest absolute Gasteiger partial charge is 0.151 e. The van der Waals surface area contributed by atoms with E-state index < -0.39 is 0 Å². The molecular weight excluding hydrogens is 280 g/mol. The second-order valence-electron chi connectivity index (χ2n) is 3.59. The Morgan fingerprint density at radius 2 is 1.88 bits per heavy atom. The lowest BCUT2D eigenvalue weighted by Gasteiger charge is -2.06. The van der Waals surface area contributed by atoms with Gasteiger partial charge in [0.05, 0.1) is 7.11 Å². The van der Waals surface area contributed by atoms with Crippen LogP contribution in [-0.2, 0) is 0 Å². The van der Waals surface area contributed by atoms with E-state index >= 15 is 0 Å². The van der Waals surface area contributed by atoms with Crippen molar-refractivity contribution in [1.29, 1.82) is 0 Å². The molecule has 0 aliphatic rings. The van der Waals surface area contributed by atoms with Gasteiger partial charge in [0.2, 0.25) is 0 Å². The second kappa shape index (κ2) is 5.15. The zero-order valence-electron chi connectivity index (χ0n) is 9.31. The highest BCUT2D eigenvalue weighted by Crippen LogP contribution is 2.27. The summed E-state index contributed by atoms with van der Waals surface area (Å²) in [5.41, 5.74) is 2.67. The molecule has 0 aromatic heterocycles. The fraction of sp³-hybridized carbons (Fsp3) is 0.0714. The molecule has 0 fully saturated rings. The largest absolute Gasteiger partial charge is 0.497 e. The quantitative estimate of drug-likeness (QED) is 0.801. The van der Waals surface area contributed by atoms with E-state index in [9.17, 15) is 4.79 Å². The molecule has 2 nitrogen and oxygen atoms in total. The van der Waals surface area contributed by atoms with Crippen LogP contribution in [0.5, 0.6) is 5.75 Å². The molecule has 2 rings (SSSR count). The Morgan fingerprint density at radius 1 is 1.12 bits per heavy atom. The number of benzene rings is 2. The van der Waals surface area contributed by atoms with Crippen LogP contribution in [0.1, 0.15) is 10.4 Å². The zero-order valence-corrected chi connectivity index (χ0v) is 10.9. The van der Waals surface area contributed by atoms with Crippen LogP contribution in [0.3, 0.4) is 0 Å². The third kappa shape index (κ3) is 2.56. The molecule has 0 aliphatic carbocycles. The van der Waals surface area contributed by atoms with Gasteiger partial charge in [0.1, 0.15) is 5.75 Å². The van der Waals surface area contributed by atoms with Gasteiger partial charge in [-0.3, -0.25) is 4.79 Å². The summed E-state index contributed by atoms with van der Waals surface area (Å²) >= 11 is 3.34. The number of carbonyl (C=O) groups excluding carboxylic acids is 1. The number of ether oxygens (including phenoxy) is 1. The lowest BCUT2D eigenvalue weighted by molar-refractivity contribution is 0.112. The number of hydrogen-bond acceptors (Lipinski definition) is 2. The van der Waals surface area contributed by atoms with Gasteiger partial charge in [-0.2, -0.15) is 0 Å². The van der Waals surface area contributed by atoms with Gasteiger partial charge in [-0.1, -0.05) is 34.1 Å². The van der Waals surface area contributed by atoms with E-state index in [0.717, 1.165) is 27.6 Å². The number of hydrogen-bond donors (Lipinski definition) is 0. The van der Waals surface area contributed by atoms with E-state index in [0.29, 0.717) is 5.56 Å².